The minimum absolute atomic E-state index is 0.222. The molecule has 0 aliphatic rings. The Kier molecular flexibility index (Phi) is 4.71. The smallest absolute Gasteiger partial charge is 0.241 e. The largest absolute Gasteiger partial charge is 0.323 e. The number of rotatable bonds is 4. The average molecular weight is 293 g/mol. The van der Waals surface area contributed by atoms with Gasteiger partial charge in [0.1, 0.15) is 5.82 Å². The normalized spacial score (nSPS) is 11.9. The Morgan fingerprint density at radius 1 is 1.25 bits per heavy atom. The van der Waals surface area contributed by atoms with Gasteiger partial charge in [-0.1, -0.05) is 41.9 Å². The van der Waals surface area contributed by atoms with Crippen LogP contribution in [0, 0.1) is 5.82 Å². The summed E-state index contributed by atoms with van der Waals surface area (Å²) in [5, 5.41) is 2.81. The van der Waals surface area contributed by atoms with Crippen LogP contribution >= 0.6 is 11.6 Å². The Labute approximate surface area is 121 Å². The van der Waals surface area contributed by atoms with Crippen LogP contribution in [0.1, 0.15) is 5.56 Å². The van der Waals surface area contributed by atoms with Gasteiger partial charge >= 0.3 is 0 Å². The van der Waals surface area contributed by atoms with Gasteiger partial charge in [-0.2, -0.15) is 0 Å². The van der Waals surface area contributed by atoms with Crippen molar-refractivity contribution in [2.75, 3.05) is 5.32 Å². The number of halogens is 2. The number of carbonyl (C=O) groups is 1. The molecular formula is C15H14ClFN2O. The lowest BCUT2D eigenvalue weighted by molar-refractivity contribution is -0.117. The molecule has 2 aromatic rings. The minimum atomic E-state index is -0.725. The van der Waals surface area contributed by atoms with Crippen molar-refractivity contribution < 1.29 is 9.18 Å². The molecule has 5 heteroatoms. The van der Waals surface area contributed by atoms with Crippen LogP contribution in [0.5, 0.6) is 0 Å². The van der Waals surface area contributed by atoms with E-state index >= 15 is 0 Å². The predicted molar refractivity (Wildman–Crippen MR) is 78.2 cm³/mol. The lowest BCUT2D eigenvalue weighted by Gasteiger charge is -2.13. The van der Waals surface area contributed by atoms with Crippen molar-refractivity contribution in [3.05, 3.63) is 64.9 Å². The summed E-state index contributed by atoms with van der Waals surface area (Å²) >= 11 is 5.88. The van der Waals surface area contributed by atoms with Gasteiger partial charge in [0.15, 0.2) is 0 Å². The van der Waals surface area contributed by atoms with E-state index in [-0.39, 0.29) is 10.7 Å². The first-order chi connectivity index (χ1) is 9.56. The van der Waals surface area contributed by atoms with Crippen LogP contribution in [0.4, 0.5) is 10.1 Å². The zero-order valence-corrected chi connectivity index (χ0v) is 11.4. The minimum Gasteiger partial charge on any atom is -0.323 e. The fraction of sp³-hybridized carbons (Fsp3) is 0.133. The maximum absolute atomic E-state index is 13.1. The molecule has 2 aromatic carbocycles. The molecule has 0 radical (unpaired) electrons. The zero-order chi connectivity index (χ0) is 14.5. The second kappa shape index (κ2) is 6.50. The summed E-state index contributed by atoms with van der Waals surface area (Å²) in [4.78, 5) is 12.0. The van der Waals surface area contributed by atoms with E-state index in [2.05, 4.69) is 5.32 Å². The summed E-state index contributed by atoms with van der Waals surface area (Å²) in [6.07, 6.45) is 0.402. The highest BCUT2D eigenvalue weighted by Gasteiger charge is 2.15. The van der Waals surface area contributed by atoms with Crippen molar-refractivity contribution in [2.24, 2.45) is 5.73 Å². The van der Waals surface area contributed by atoms with Crippen LogP contribution in [-0.2, 0) is 11.2 Å². The first-order valence-corrected chi connectivity index (χ1v) is 6.49. The van der Waals surface area contributed by atoms with E-state index in [1.807, 2.05) is 30.3 Å². The van der Waals surface area contributed by atoms with Crippen LogP contribution in [0.3, 0.4) is 0 Å². The number of nitrogens with one attached hydrogen (secondary N) is 1. The Balaban J connectivity index is 2.02. The molecule has 20 heavy (non-hydrogen) atoms. The van der Waals surface area contributed by atoms with E-state index in [1.54, 1.807) is 0 Å². The van der Waals surface area contributed by atoms with E-state index in [0.29, 0.717) is 6.42 Å². The molecule has 1 atom stereocenters. The quantitative estimate of drug-likeness (QED) is 0.910. The molecule has 0 bridgehead atoms. The third kappa shape index (κ3) is 3.79. The first kappa shape index (κ1) is 14.5. The second-order valence-corrected chi connectivity index (χ2v) is 4.82. The van der Waals surface area contributed by atoms with Crippen molar-refractivity contribution in [1.29, 1.82) is 0 Å². The van der Waals surface area contributed by atoms with Gasteiger partial charge in [-0.25, -0.2) is 4.39 Å². The SMILES string of the molecule is N[C@H](Cc1ccccc1)C(=O)Nc1cc(F)ccc1Cl. The number of carbonyl (C=O) groups excluding carboxylic acids is 1. The molecule has 0 aliphatic carbocycles. The van der Waals surface area contributed by atoms with Gasteiger partial charge in [0.2, 0.25) is 5.91 Å². The molecule has 0 unspecified atom stereocenters. The first-order valence-electron chi connectivity index (χ1n) is 6.11. The van der Waals surface area contributed by atoms with Crippen molar-refractivity contribution in [3.8, 4) is 0 Å². The standard InChI is InChI=1S/C15H14ClFN2O/c16-12-7-6-11(17)9-14(12)19-15(20)13(18)8-10-4-2-1-3-5-10/h1-7,9,13H,8,18H2,(H,19,20)/t13-/m1/s1. The number of hydrogen-bond donors (Lipinski definition) is 2. The summed E-state index contributed by atoms with van der Waals surface area (Å²) in [5.74, 6) is -0.873. The van der Waals surface area contributed by atoms with Crippen LogP contribution in [-0.4, -0.2) is 11.9 Å². The monoisotopic (exact) mass is 292 g/mol. The third-order valence-electron chi connectivity index (χ3n) is 2.82. The maximum atomic E-state index is 13.1. The Hall–Kier alpha value is -1.91. The lowest BCUT2D eigenvalue weighted by atomic mass is 10.1. The summed E-state index contributed by atoms with van der Waals surface area (Å²) in [6.45, 7) is 0. The summed E-state index contributed by atoms with van der Waals surface area (Å²) < 4.78 is 13.1. The average Bonchev–Trinajstić information content (AvgIpc) is 2.44. The molecule has 0 saturated carbocycles. The van der Waals surface area contributed by atoms with Crippen LogP contribution in [0.15, 0.2) is 48.5 Å². The summed E-state index contributed by atoms with van der Waals surface area (Å²) in [6, 6.07) is 12.5. The van der Waals surface area contributed by atoms with E-state index in [0.717, 1.165) is 11.6 Å². The van der Waals surface area contributed by atoms with Gasteiger partial charge in [0, 0.05) is 0 Å². The fourth-order valence-corrected chi connectivity index (χ4v) is 1.94. The Morgan fingerprint density at radius 3 is 2.65 bits per heavy atom. The van der Waals surface area contributed by atoms with Crippen molar-refractivity contribution >= 4 is 23.2 Å². The molecule has 1 amide bonds. The number of anilines is 1. The fourth-order valence-electron chi connectivity index (χ4n) is 1.78. The van der Waals surface area contributed by atoms with E-state index < -0.39 is 17.8 Å². The summed E-state index contributed by atoms with van der Waals surface area (Å²) in [7, 11) is 0. The molecule has 0 aliphatic heterocycles. The molecular weight excluding hydrogens is 279 g/mol. The molecule has 0 aromatic heterocycles. The van der Waals surface area contributed by atoms with Gasteiger partial charge in [0.25, 0.3) is 0 Å². The van der Waals surface area contributed by atoms with Crippen molar-refractivity contribution in [3.63, 3.8) is 0 Å². The van der Waals surface area contributed by atoms with Crippen LogP contribution in [0.25, 0.3) is 0 Å². The van der Waals surface area contributed by atoms with E-state index in [9.17, 15) is 9.18 Å². The topological polar surface area (TPSA) is 55.1 Å². The van der Waals surface area contributed by atoms with Gasteiger partial charge in [-0.3, -0.25) is 4.79 Å². The van der Waals surface area contributed by atoms with E-state index in [4.69, 9.17) is 17.3 Å². The highest BCUT2D eigenvalue weighted by molar-refractivity contribution is 6.33. The molecule has 2 rings (SSSR count). The molecule has 3 nitrogen and oxygen atoms in total. The van der Waals surface area contributed by atoms with Crippen LogP contribution < -0.4 is 11.1 Å². The lowest BCUT2D eigenvalue weighted by Crippen LogP contribution is -2.37. The number of hydrogen-bond acceptors (Lipinski definition) is 2. The second-order valence-electron chi connectivity index (χ2n) is 4.41. The van der Waals surface area contributed by atoms with Gasteiger partial charge in [-0.05, 0) is 30.2 Å². The van der Waals surface area contributed by atoms with Crippen molar-refractivity contribution in [1.82, 2.24) is 0 Å². The third-order valence-corrected chi connectivity index (χ3v) is 3.15. The molecule has 0 saturated heterocycles. The molecule has 3 N–H and O–H groups in total. The Morgan fingerprint density at radius 2 is 1.95 bits per heavy atom. The molecule has 104 valence electrons. The molecule has 0 fully saturated rings. The highest BCUT2D eigenvalue weighted by Crippen LogP contribution is 2.22. The number of benzene rings is 2. The number of amides is 1. The van der Waals surface area contributed by atoms with Gasteiger partial charge in [-0.15, -0.1) is 0 Å². The molecule has 0 spiro atoms. The van der Waals surface area contributed by atoms with Crippen LogP contribution in [0.2, 0.25) is 5.02 Å². The Bertz CT molecular complexity index is 604. The molecule has 0 heterocycles. The highest BCUT2D eigenvalue weighted by atomic mass is 35.5. The summed E-state index contributed by atoms with van der Waals surface area (Å²) in [5.41, 5.74) is 7.02. The predicted octanol–water partition coefficient (Wildman–Crippen LogP) is 2.99. The van der Waals surface area contributed by atoms with Gasteiger partial charge < -0.3 is 11.1 Å². The number of nitrogens with two attached hydrogens (primary N) is 1. The maximum Gasteiger partial charge on any atom is 0.241 e. The van der Waals surface area contributed by atoms with Gasteiger partial charge in [0.05, 0.1) is 16.8 Å². The van der Waals surface area contributed by atoms with Crippen molar-refractivity contribution in [2.45, 2.75) is 12.5 Å². The zero-order valence-electron chi connectivity index (χ0n) is 10.6. The van der Waals surface area contributed by atoms with E-state index in [1.165, 1.54) is 12.1 Å².